The van der Waals surface area contributed by atoms with Crippen LogP contribution in [0.2, 0.25) is 0 Å². The van der Waals surface area contributed by atoms with E-state index in [2.05, 4.69) is 36.1 Å². The Morgan fingerprint density at radius 1 is 0.913 bits per heavy atom. The number of anilines is 1. The Labute approximate surface area is 138 Å². The minimum atomic E-state index is -0.0675. The summed E-state index contributed by atoms with van der Waals surface area (Å²) in [6.07, 6.45) is 0. The number of hydrogen-bond acceptors (Lipinski definition) is 2. The Hall–Kier alpha value is -2.29. The molecule has 1 saturated heterocycles. The maximum Gasteiger partial charge on any atom is 0.229 e. The van der Waals surface area contributed by atoms with Crippen LogP contribution in [0.5, 0.6) is 0 Å². The lowest BCUT2D eigenvalue weighted by Gasteiger charge is -2.37. The molecule has 1 amide bonds. The van der Waals surface area contributed by atoms with Crippen LogP contribution in [0.4, 0.5) is 5.69 Å². The van der Waals surface area contributed by atoms with Crippen molar-refractivity contribution in [2.75, 3.05) is 31.1 Å². The van der Waals surface area contributed by atoms with Gasteiger partial charge < -0.3 is 9.80 Å². The third-order valence-electron chi connectivity index (χ3n) is 4.66. The molecule has 1 atom stereocenters. The van der Waals surface area contributed by atoms with Gasteiger partial charge in [-0.15, -0.1) is 0 Å². The third-order valence-corrected chi connectivity index (χ3v) is 4.66. The molecule has 0 aliphatic carbocycles. The molecule has 0 spiro atoms. The van der Waals surface area contributed by atoms with E-state index >= 15 is 0 Å². The van der Waals surface area contributed by atoms with Gasteiger partial charge in [-0.1, -0.05) is 48.0 Å². The Kier molecular flexibility index (Phi) is 4.65. The lowest BCUT2D eigenvalue weighted by molar-refractivity contribution is -0.132. The summed E-state index contributed by atoms with van der Waals surface area (Å²) in [4.78, 5) is 17.1. The normalized spacial score (nSPS) is 16.3. The largest absolute Gasteiger partial charge is 0.368 e. The van der Waals surface area contributed by atoms with Crippen LogP contribution in [0.25, 0.3) is 0 Å². The maximum absolute atomic E-state index is 12.7. The lowest BCUT2D eigenvalue weighted by Crippen LogP contribution is -2.49. The smallest absolute Gasteiger partial charge is 0.229 e. The highest BCUT2D eigenvalue weighted by atomic mass is 16.2. The first-order chi connectivity index (χ1) is 11.1. The average Bonchev–Trinajstić information content (AvgIpc) is 2.62. The summed E-state index contributed by atoms with van der Waals surface area (Å²) < 4.78 is 0. The second-order valence-electron chi connectivity index (χ2n) is 6.28. The van der Waals surface area contributed by atoms with Crippen LogP contribution in [0.1, 0.15) is 24.0 Å². The number of amides is 1. The number of aryl methyl sites for hydroxylation is 1. The molecular weight excluding hydrogens is 284 g/mol. The first-order valence-corrected chi connectivity index (χ1v) is 8.30. The molecule has 1 aliphatic heterocycles. The van der Waals surface area contributed by atoms with Gasteiger partial charge in [0, 0.05) is 31.9 Å². The molecule has 2 aromatic rings. The minimum Gasteiger partial charge on any atom is -0.368 e. The predicted octanol–water partition coefficient (Wildman–Crippen LogP) is 3.45. The number of rotatable bonds is 3. The fourth-order valence-corrected chi connectivity index (χ4v) is 3.10. The van der Waals surface area contributed by atoms with Crippen LogP contribution in [-0.2, 0) is 4.79 Å². The van der Waals surface area contributed by atoms with Crippen molar-refractivity contribution in [2.45, 2.75) is 19.8 Å². The molecule has 23 heavy (non-hydrogen) atoms. The molecule has 1 unspecified atom stereocenters. The zero-order valence-electron chi connectivity index (χ0n) is 13.9. The van der Waals surface area contributed by atoms with Crippen molar-refractivity contribution in [1.82, 2.24) is 4.90 Å². The van der Waals surface area contributed by atoms with E-state index < -0.39 is 0 Å². The number of hydrogen-bond donors (Lipinski definition) is 0. The minimum absolute atomic E-state index is 0.0675. The quantitative estimate of drug-likeness (QED) is 0.867. The van der Waals surface area contributed by atoms with E-state index in [0.717, 1.165) is 31.7 Å². The fraction of sp³-hybridized carbons (Fsp3) is 0.350. The highest BCUT2D eigenvalue weighted by molar-refractivity contribution is 5.83. The number of nitrogens with zero attached hydrogens (tertiary/aromatic N) is 2. The summed E-state index contributed by atoms with van der Waals surface area (Å²) in [5.74, 6) is 0.168. The topological polar surface area (TPSA) is 23.6 Å². The molecule has 3 heteroatoms. The van der Waals surface area contributed by atoms with Gasteiger partial charge in [0.05, 0.1) is 5.92 Å². The van der Waals surface area contributed by atoms with Crippen molar-refractivity contribution in [1.29, 1.82) is 0 Å². The van der Waals surface area contributed by atoms with Gasteiger partial charge >= 0.3 is 0 Å². The van der Waals surface area contributed by atoms with Crippen molar-refractivity contribution >= 4 is 11.6 Å². The Morgan fingerprint density at radius 3 is 2.13 bits per heavy atom. The summed E-state index contributed by atoms with van der Waals surface area (Å²) in [6, 6.07) is 18.7. The average molecular weight is 308 g/mol. The Morgan fingerprint density at radius 2 is 1.52 bits per heavy atom. The van der Waals surface area contributed by atoms with E-state index in [1.54, 1.807) is 0 Å². The molecule has 0 aromatic heterocycles. The van der Waals surface area contributed by atoms with Crippen molar-refractivity contribution in [3.8, 4) is 0 Å². The monoisotopic (exact) mass is 308 g/mol. The fourth-order valence-electron chi connectivity index (χ4n) is 3.10. The highest BCUT2D eigenvalue weighted by Crippen LogP contribution is 2.21. The van der Waals surface area contributed by atoms with E-state index in [4.69, 9.17) is 0 Å². The van der Waals surface area contributed by atoms with Crippen molar-refractivity contribution < 1.29 is 4.79 Å². The molecule has 3 rings (SSSR count). The van der Waals surface area contributed by atoms with Gasteiger partial charge in [-0.25, -0.2) is 0 Å². The zero-order chi connectivity index (χ0) is 16.2. The van der Waals surface area contributed by atoms with E-state index in [-0.39, 0.29) is 11.8 Å². The van der Waals surface area contributed by atoms with Gasteiger partial charge in [-0.3, -0.25) is 4.79 Å². The summed E-state index contributed by atoms with van der Waals surface area (Å²) in [5, 5.41) is 0. The van der Waals surface area contributed by atoms with Crippen LogP contribution in [0.15, 0.2) is 54.6 Å². The molecule has 1 fully saturated rings. The number of piperazine rings is 1. The Balaban J connectivity index is 1.60. The van der Waals surface area contributed by atoms with Crippen LogP contribution in [0.3, 0.4) is 0 Å². The third kappa shape index (κ3) is 3.55. The molecular formula is C20H24N2O. The highest BCUT2D eigenvalue weighted by Gasteiger charge is 2.25. The molecule has 3 nitrogen and oxygen atoms in total. The van der Waals surface area contributed by atoms with Gasteiger partial charge in [0.15, 0.2) is 0 Å². The maximum atomic E-state index is 12.7. The van der Waals surface area contributed by atoms with Crippen LogP contribution in [-0.4, -0.2) is 37.0 Å². The van der Waals surface area contributed by atoms with Gasteiger partial charge in [0.1, 0.15) is 0 Å². The van der Waals surface area contributed by atoms with Crippen LogP contribution >= 0.6 is 0 Å². The zero-order valence-corrected chi connectivity index (χ0v) is 13.9. The molecule has 0 N–H and O–H groups in total. The number of carbonyl (C=O) groups excluding carboxylic acids is 1. The molecule has 0 saturated carbocycles. The van der Waals surface area contributed by atoms with Crippen molar-refractivity contribution in [3.63, 3.8) is 0 Å². The SMILES string of the molecule is Cc1ccc(N2CCN(C(=O)C(C)c3ccccc3)CC2)cc1. The second-order valence-corrected chi connectivity index (χ2v) is 6.28. The lowest BCUT2D eigenvalue weighted by atomic mass is 9.99. The van der Waals surface area contributed by atoms with Crippen LogP contribution in [0, 0.1) is 6.92 Å². The van der Waals surface area contributed by atoms with Gasteiger partial charge in [-0.2, -0.15) is 0 Å². The van der Waals surface area contributed by atoms with Gasteiger partial charge in [-0.05, 0) is 31.5 Å². The molecule has 0 radical (unpaired) electrons. The number of carbonyl (C=O) groups is 1. The van der Waals surface area contributed by atoms with Gasteiger partial charge in [0.2, 0.25) is 5.91 Å². The molecule has 120 valence electrons. The van der Waals surface area contributed by atoms with E-state index in [0.29, 0.717) is 0 Å². The van der Waals surface area contributed by atoms with Crippen molar-refractivity contribution in [2.24, 2.45) is 0 Å². The van der Waals surface area contributed by atoms with E-state index in [1.807, 2.05) is 42.2 Å². The second kappa shape index (κ2) is 6.86. The first-order valence-electron chi connectivity index (χ1n) is 8.30. The summed E-state index contributed by atoms with van der Waals surface area (Å²) >= 11 is 0. The summed E-state index contributed by atoms with van der Waals surface area (Å²) in [6.45, 7) is 7.50. The van der Waals surface area contributed by atoms with E-state index in [1.165, 1.54) is 11.3 Å². The Bertz CT molecular complexity index is 643. The van der Waals surface area contributed by atoms with Crippen LogP contribution < -0.4 is 4.90 Å². The molecule has 1 aliphatic rings. The standard InChI is InChI=1S/C20H24N2O/c1-16-8-10-19(11-9-16)21-12-14-22(15-13-21)20(23)17(2)18-6-4-3-5-7-18/h3-11,17H,12-15H2,1-2H3. The van der Waals surface area contributed by atoms with Crippen molar-refractivity contribution in [3.05, 3.63) is 65.7 Å². The molecule has 1 heterocycles. The molecule has 0 bridgehead atoms. The van der Waals surface area contributed by atoms with Gasteiger partial charge in [0.25, 0.3) is 0 Å². The summed E-state index contributed by atoms with van der Waals surface area (Å²) in [5.41, 5.74) is 3.62. The summed E-state index contributed by atoms with van der Waals surface area (Å²) in [7, 11) is 0. The molecule has 2 aromatic carbocycles. The first kappa shape index (κ1) is 15.6. The predicted molar refractivity (Wildman–Crippen MR) is 94.8 cm³/mol. The number of benzene rings is 2. The van der Waals surface area contributed by atoms with E-state index in [9.17, 15) is 4.79 Å².